The maximum absolute atomic E-state index is 12.7. The summed E-state index contributed by atoms with van der Waals surface area (Å²) in [6.07, 6.45) is 4.64. The minimum atomic E-state index is -0.631. The van der Waals surface area contributed by atoms with Crippen molar-refractivity contribution >= 4 is 29.2 Å². The first-order chi connectivity index (χ1) is 14.5. The summed E-state index contributed by atoms with van der Waals surface area (Å²) in [5, 5.41) is 8.11. The molecule has 0 radical (unpaired) electrons. The van der Waals surface area contributed by atoms with E-state index < -0.39 is 11.5 Å². The Morgan fingerprint density at radius 2 is 1.70 bits per heavy atom. The average molecular weight is 441 g/mol. The molecule has 2 aromatic carbocycles. The lowest BCUT2D eigenvalue weighted by Crippen LogP contribution is -2.23. The molecular weight excluding hydrogens is 427 g/mol. The molecule has 0 aliphatic rings. The van der Waals surface area contributed by atoms with Crippen LogP contribution in [0.15, 0.2) is 78.0 Å². The number of hydrogen-bond donors (Lipinski definition) is 0. The minimum absolute atomic E-state index is 0.0176. The molecule has 0 fully saturated rings. The van der Waals surface area contributed by atoms with Gasteiger partial charge in [0.1, 0.15) is 11.6 Å². The Morgan fingerprint density at radius 1 is 0.967 bits per heavy atom. The normalized spacial score (nSPS) is 10.7. The van der Waals surface area contributed by atoms with E-state index in [1.54, 1.807) is 41.3 Å². The largest absolute Gasteiger partial charge is 0.457 e. The second-order valence-electron chi connectivity index (χ2n) is 6.25. The van der Waals surface area contributed by atoms with Crippen LogP contribution in [0.2, 0.25) is 10.0 Å². The number of esters is 1. The van der Waals surface area contributed by atoms with Gasteiger partial charge < -0.3 is 4.74 Å². The Morgan fingerprint density at radius 3 is 2.50 bits per heavy atom. The summed E-state index contributed by atoms with van der Waals surface area (Å²) in [4.78, 5) is 25.1. The van der Waals surface area contributed by atoms with E-state index in [9.17, 15) is 9.59 Å². The highest BCUT2D eigenvalue weighted by atomic mass is 35.5. The summed E-state index contributed by atoms with van der Waals surface area (Å²) in [7, 11) is 0. The number of carbonyl (C=O) groups excluding carboxylic acids is 1. The molecular formula is C21H14Cl2N4O3. The van der Waals surface area contributed by atoms with E-state index in [0.29, 0.717) is 0 Å². The maximum atomic E-state index is 12.7. The van der Waals surface area contributed by atoms with Gasteiger partial charge in [0.15, 0.2) is 0 Å². The van der Waals surface area contributed by atoms with Gasteiger partial charge in [0, 0.05) is 11.8 Å². The Labute approximate surface area is 181 Å². The van der Waals surface area contributed by atoms with Gasteiger partial charge in [-0.25, -0.2) is 9.48 Å². The monoisotopic (exact) mass is 440 g/mol. The molecule has 0 N–H and O–H groups in total. The van der Waals surface area contributed by atoms with Gasteiger partial charge in [0.25, 0.3) is 5.56 Å². The van der Waals surface area contributed by atoms with Crippen LogP contribution < -0.4 is 5.56 Å². The summed E-state index contributed by atoms with van der Waals surface area (Å²) in [5.41, 5.74) is 1.39. The van der Waals surface area contributed by atoms with E-state index in [4.69, 9.17) is 27.9 Å². The van der Waals surface area contributed by atoms with E-state index in [2.05, 4.69) is 10.2 Å². The summed E-state index contributed by atoms with van der Waals surface area (Å²) in [6.45, 7) is 0.0176. The van der Waals surface area contributed by atoms with Crippen molar-refractivity contribution in [3.63, 3.8) is 0 Å². The number of hydrogen-bond acceptors (Lipinski definition) is 5. The SMILES string of the molecule is O=C(OCc1cnn(-c2ccccc2)c1)c1ccccc1-n1ncc(Cl)c(Cl)c1=O. The maximum Gasteiger partial charge on any atom is 0.340 e. The van der Waals surface area contributed by atoms with Crippen LogP contribution in [0.1, 0.15) is 15.9 Å². The number of carbonyl (C=O) groups is 1. The predicted octanol–water partition coefficient (Wildman–Crippen LogP) is 4.08. The van der Waals surface area contributed by atoms with Gasteiger partial charge in [-0.15, -0.1) is 0 Å². The van der Waals surface area contributed by atoms with Crippen LogP contribution in [0.5, 0.6) is 0 Å². The van der Waals surface area contributed by atoms with Crippen molar-refractivity contribution in [2.24, 2.45) is 0 Å². The number of para-hydroxylation sites is 2. The van der Waals surface area contributed by atoms with E-state index in [1.807, 2.05) is 30.3 Å². The zero-order valence-electron chi connectivity index (χ0n) is 15.4. The molecule has 150 valence electrons. The van der Waals surface area contributed by atoms with E-state index >= 15 is 0 Å². The zero-order valence-corrected chi connectivity index (χ0v) is 16.9. The quantitative estimate of drug-likeness (QED) is 0.436. The topological polar surface area (TPSA) is 79.0 Å². The fourth-order valence-electron chi connectivity index (χ4n) is 2.80. The Hall–Kier alpha value is -3.42. The van der Waals surface area contributed by atoms with Gasteiger partial charge in [-0.2, -0.15) is 14.9 Å². The molecule has 2 heterocycles. The third kappa shape index (κ3) is 3.98. The van der Waals surface area contributed by atoms with Crippen LogP contribution in [-0.2, 0) is 11.3 Å². The first-order valence-corrected chi connectivity index (χ1v) is 9.59. The fourth-order valence-corrected chi connectivity index (χ4v) is 3.05. The molecule has 2 aromatic heterocycles. The highest BCUT2D eigenvalue weighted by Gasteiger charge is 2.18. The highest BCUT2D eigenvalue weighted by molar-refractivity contribution is 6.41. The second-order valence-corrected chi connectivity index (χ2v) is 7.03. The summed E-state index contributed by atoms with van der Waals surface area (Å²) in [6, 6.07) is 16.0. The number of benzene rings is 2. The fraction of sp³-hybridized carbons (Fsp3) is 0.0476. The second kappa shape index (κ2) is 8.52. The van der Waals surface area contributed by atoms with Crippen LogP contribution in [0.3, 0.4) is 0 Å². The van der Waals surface area contributed by atoms with Gasteiger partial charge in [-0.3, -0.25) is 4.79 Å². The molecule has 0 amide bonds. The molecule has 0 saturated heterocycles. The molecule has 4 aromatic rings. The molecule has 0 atom stereocenters. The summed E-state index contributed by atoms with van der Waals surface area (Å²) >= 11 is 11.8. The lowest BCUT2D eigenvalue weighted by molar-refractivity contribution is 0.0472. The molecule has 0 aliphatic carbocycles. The lowest BCUT2D eigenvalue weighted by Gasteiger charge is -2.11. The zero-order chi connectivity index (χ0) is 21.1. The van der Waals surface area contributed by atoms with Crippen molar-refractivity contribution in [2.45, 2.75) is 6.61 Å². The molecule has 0 aliphatic heterocycles. The number of ether oxygens (including phenoxy) is 1. The summed E-state index contributed by atoms with van der Waals surface area (Å²) < 4.78 is 8.13. The van der Waals surface area contributed by atoms with Gasteiger partial charge in [0.05, 0.1) is 34.4 Å². The molecule has 0 saturated carbocycles. The van der Waals surface area contributed by atoms with Crippen molar-refractivity contribution in [2.75, 3.05) is 0 Å². The number of aromatic nitrogens is 4. The standard InChI is InChI=1S/C21H14Cl2N4O3/c22-17-11-25-27(20(28)19(17)23)18-9-5-4-8-16(18)21(29)30-13-14-10-24-26(12-14)15-6-2-1-3-7-15/h1-12H,13H2. The molecule has 0 unspecified atom stereocenters. The smallest absolute Gasteiger partial charge is 0.340 e. The number of rotatable bonds is 5. The Balaban J connectivity index is 1.55. The molecule has 9 heteroatoms. The summed E-state index contributed by atoms with van der Waals surface area (Å²) in [5.74, 6) is -0.613. The van der Waals surface area contributed by atoms with Crippen molar-refractivity contribution in [1.82, 2.24) is 19.6 Å². The van der Waals surface area contributed by atoms with Crippen LogP contribution in [-0.4, -0.2) is 25.5 Å². The van der Waals surface area contributed by atoms with Crippen LogP contribution in [0, 0.1) is 0 Å². The molecule has 30 heavy (non-hydrogen) atoms. The van der Waals surface area contributed by atoms with Crippen LogP contribution in [0.4, 0.5) is 0 Å². The van der Waals surface area contributed by atoms with Gasteiger partial charge in [-0.1, -0.05) is 53.5 Å². The van der Waals surface area contributed by atoms with Crippen LogP contribution >= 0.6 is 23.2 Å². The lowest BCUT2D eigenvalue weighted by atomic mass is 10.2. The minimum Gasteiger partial charge on any atom is -0.457 e. The van der Waals surface area contributed by atoms with E-state index in [-0.39, 0.29) is 27.9 Å². The highest BCUT2D eigenvalue weighted by Crippen LogP contribution is 2.19. The van der Waals surface area contributed by atoms with Crippen LogP contribution in [0.25, 0.3) is 11.4 Å². The average Bonchev–Trinajstić information content (AvgIpc) is 3.26. The molecule has 0 spiro atoms. The van der Waals surface area contributed by atoms with Gasteiger partial charge in [-0.05, 0) is 24.3 Å². The molecule has 4 rings (SSSR count). The van der Waals surface area contributed by atoms with E-state index in [0.717, 1.165) is 15.9 Å². The van der Waals surface area contributed by atoms with Crippen molar-refractivity contribution in [3.8, 4) is 11.4 Å². The third-order valence-electron chi connectivity index (χ3n) is 4.26. The van der Waals surface area contributed by atoms with Gasteiger partial charge in [0.2, 0.25) is 0 Å². The van der Waals surface area contributed by atoms with Crippen molar-refractivity contribution in [3.05, 3.63) is 105 Å². The molecule has 7 nitrogen and oxygen atoms in total. The van der Waals surface area contributed by atoms with Crippen molar-refractivity contribution < 1.29 is 9.53 Å². The predicted molar refractivity (Wildman–Crippen MR) is 113 cm³/mol. The Kier molecular flexibility index (Phi) is 5.65. The first-order valence-electron chi connectivity index (χ1n) is 8.83. The molecule has 0 bridgehead atoms. The van der Waals surface area contributed by atoms with Gasteiger partial charge >= 0.3 is 5.97 Å². The number of nitrogens with zero attached hydrogens (tertiary/aromatic N) is 4. The first kappa shape index (κ1) is 19.9. The van der Waals surface area contributed by atoms with E-state index in [1.165, 1.54) is 6.20 Å². The van der Waals surface area contributed by atoms with Crippen molar-refractivity contribution in [1.29, 1.82) is 0 Å². The Bertz CT molecular complexity index is 1270. The third-order valence-corrected chi connectivity index (χ3v) is 5.00. The number of halogens is 2.